The maximum Gasteiger partial charge on any atom is 0.272 e. The molecule has 2 aromatic carbocycles. The number of benzene rings is 2. The van der Waals surface area contributed by atoms with Crippen LogP contribution >= 0.6 is 23.1 Å². The Bertz CT molecular complexity index is 1680. The average Bonchev–Trinajstić information content (AvgIpc) is 3.27. The first-order valence-corrected chi connectivity index (χ1v) is 13.5. The quantitative estimate of drug-likeness (QED) is 0.142. The molecule has 0 unspecified atom stereocenters. The molecule has 5 rings (SSSR count). The number of rotatable bonds is 6. The number of aromatic amines is 1. The lowest BCUT2D eigenvalue weighted by Crippen LogP contribution is -2.26. The summed E-state index contributed by atoms with van der Waals surface area (Å²) in [7, 11) is 1.40. The number of fused-ring (bicyclic) bond motifs is 2. The number of aromatic nitrogens is 3. The average molecular weight is 610 g/mol. The minimum atomic E-state index is -3.61. The number of carbonyl (C=O) groups excluding carboxylic acids is 2. The Morgan fingerprint density at radius 3 is 2.55 bits per heavy atom. The fourth-order valence-electron chi connectivity index (χ4n) is 3.55. The maximum atomic E-state index is 12.4. The molecule has 1 aliphatic heterocycles. The Kier molecular flexibility index (Phi) is 9.47. The molecule has 4 aromatic rings. The molecule has 1 aliphatic rings. The van der Waals surface area contributed by atoms with E-state index in [1.807, 2.05) is 6.07 Å². The molecule has 0 spiro atoms. The predicted molar refractivity (Wildman–Crippen MR) is 149 cm³/mol. The van der Waals surface area contributed by atoms with E-state index in [0.717, 1.165) is 5.56 Å². The summed E-state index contributed by atoms with van der Waals surface area (Å²) in [5, 5.41) is 15.8. The van der Waals surface area contributed by atoms with E-state index in [4.69, 9.17) is 21.2 Å². The minimum absolute atomic E-state index is 0. The van der Waals surface area contributed by atoms with Crippen LogP contribution in [0, 0.1) is 10.1 Å². The van der Waals surface area contributed by atoms with Gasteiger partial charge in [-0.2, -0.15) is 0 Å². The molecule has 40 heavy (non-hydrogen) atoms. The van der Waals surface area contributed by atoms with Gasteiger partial charge in [0.15, 0.2) is 12.3 Å². The van der Waals surface area contributed by atoms with Crippen LogP contribution in [-0.2, 0) is 26.1 Å². The molecule has 17 heteroatoms. The summed E-state index contributed by atoms with van der Waals surface area (Å²) >= 11 is 0. The van der Waals surface area contributed by atoms with Crippen molar-refractivity contribution in [3.8, 4) is 5.75 Å². The standard InChI is InChI=1S/C16H14N6O3.C7H6ClNO4S.ClH/c17-9-5-18-14-13(9)20-7-21-15(14)16(24)19-4-8-1-2-11-10(3-8)22-12(23)6-25-11;8-14(12,13)5-6-1-3-7(4-2-6)9(10)11;/h1-3,5,7,18H,4,6,17H2,(H,19,24)(H,22,23);1-4H,5H2;1H. The second-order valence-corrected chi connectivity index (χ2v) is 10.9. The number of carbonyl (C=O) groups is 2. The number of hydrogen-bond donors (Lipinski definition) is 4. The summed E-state index contributed by atoms with van der Waals surface area (Å²) in [6.45, 7) is 0.274. The van der Waals surface area contributed by atoms with Gasteiger partial charge in [0, 0.05) is 35.6 Å². The molecule has 0 saturated carbocycles. The molecule has 14 nitrogen and oxygen atoms in total. The van der Waals surface area contributed by atoms with Gasteiger partial charge in [-0.1, -0.05) is 18.2 Å². The van der Waals surface area contributed by atoms with Gasteiger partial charge in [-0.15, -0.1) is 12.4 Å². The third kappa shape index (κ3) is 7.56. The van der Waals surface area contributed by atoms with Crippen molar-refractivity contribution in [2.45, 2.75) is 12.3 Å². The zero-order valence-corrected chi connectivity index (χ0v) is 22.7. The normalized spacial score (nSPS) is 12.1. The highest BCUT2D eigenvalue weighted by molar-refractivity contribution is 8.13. The van der Waals surface area contributed by atoms with Crippen LogP contribution in [0.4, 0.5) is 17.1 Å². The molecule has 3 heterocycles. The summed E-state index contributed by atoms with van der Waals surface area (Å²) in [6.07, 6.45) is 2.87. The molecule has 0 aliphatic carbocycles. The lowest BCUT2D eigenvalue weighted by Gasteiger charge is -2.18. The summed E-state index contributed by atoms with van der Waals surface area (Å²) in [5.41, 5.74) is 9.20. The lowest BCUT2D eigenvalue weighted by molar-refractivity contribution is -0.384. The highest BCUT2D eigenvalue weighted by Crippen LogP contribution is 2.28. The Hall–Kier alpha value is -4.47. The number of nitro groups is 1. The van der Waals surface area contributed by atoms with Gasteiger partial charge in [0.2, 0.25) is 9.05 Å². The van der Waals surface area contributed by atoms with E-state index < -0.39 is 14.0 Å². The molecular weight excluding hydrogens is 589 g/mol. The minimum Gasteiger partial charge on any atom is -0.482 e. The fourth-order valence-corrected chi connectivity index (χ4v) is 4.52. The Morgan fingerprint density at radius 1 is 1.18 bits per heavy atom. The number of nitrogens with two attached hydrogens (primary N) is 1. The highest BCUT2D eigenvalue weighted by Gasteiger charge is 2.18. The maximum absolute atomic E-state index is 12.4. The van der Waals surface area contributed by atoms with Crippen molar-refractivity contribution in [2.24, 2.45) is 0 Å². The number of nitrogens with zero attached hydrogens (tertiary/aromatic N) is 3. The van der Waals surface area contributed by atoms with E-state index in [1.54, 1.807) is 18.3 Å². The van der Waals surface area contributed by atoms with Crippen molar-refractivity contribution < 1.29 is 27.7 Å². The Morgan fingerprint density at radius 2 is 1.88 bits per heavy atom. The third-order valence-electron chi connectivity index (χ3n) is 5.32. The van der Waals surface area contributed by atoms with Gasteiger partial charge in [-0.3, -0.25) is 19.7 Å². The van der Waals surface area contributed by atoms with Crippen LogP contribution in [0.25, 0.3) is 11.0 Å². The highest BCUT2D eigenvalue weighted by atomic mass is 35.7. The van der Waals surface area contributed by atoms with Crippen LogP contribution in [0.15, 0.2) is 55.0 Å². The van der Waals surface area contributed by atoms with E-state index >= 15 is 0 Å². The van der Waals surface area contributed by atoms with Gasteiger partial charge in [0.1, 0.15) is 17.6 Å². The van der Waals surface area contributed by atoms with Crippen LogP contribution in [-0.4, -0.2) is 46.7 Å². The van der Waals surface area contributed by atoms with Gasteiger partial charge in [0.05, 0.1) is 27.6 Å². The van der Waals surface area contributed by atoms with Crippen LogP contribution in [0.3, 0.4) is 0 Å². The first-order chi connectivity index (χ1) is 18.5. The fraction of sp³-hybridized carbons (Fsp3) is 0.130. The van der Waals surface area contributed by atoms with Crippen molar-refractivity contribution in [2.75, 3.05) is 17.7 Å². The second-order valence-electron chi connectivity index (χ2n) is 8.15. The largest absolute Gasteiger partial charge is 0.482 e. The third-order valence-corrected chi connectivity index (χ3v) is 6.33. The number of ether oxygens (including phenoxy) is 1. The number of nitrogen functional groups attached to an aromatic ring is 1. The summed E-state index contributed by atoms with van der Waals surface area (Å²) < 4.78 is 26.6. The molecule has 5 N–H and O–H groups in total. The monoisotopic (exact) mass is 609 g/mol. The molecule has 0 atom stereocenters. The summed E-state index contributed by atoms with van der Waals surface area (Å²) in [6, 6.07) is 10.5. The van der Waals surface area contributed by atoms with E-state index in [0.29, 0.717) is 33.7 Å². The smallest absolute Gasteiger partial charge is 0.272 e. The number of H-pyrrole nitrogens is 1. The van der Waals surface area contributed by atoms with Crippen LogP contribution < -0.4 is 21.1 Å². The van der Waals surface area contributed by atoms with E-state index in [1.165, 1.54) is 30.6 Å². The van der Waals surface area contributed by atoms with Crippen molar-refractivity contribution in [3.63, 3.8) is 0 Å². The van der Waals surface area contributed by atoms with Crippen LogP contribution in [0.1, 0.15) is 21.6 Å². The van der Waals surface area contributed by atoms with E-state index in [9.17, 15) is 28.1 Å². The number of nitrogens with one attached hydrogen (secondary N) is 3. The van der Waals surface area contributed by atoms with E-state index in [2.05, 4.69) is 25.6 Å². The molecular formula is C23H21Cl2N7O7S. The summed E-state index contributed by atoms with van der Waals surface area (Å²) in [4.78, 5) is 44.5. The lowest BCUT2D eigenvalue weighted by atomic mass is 10.1. The molecule has 2 amide bonds. The zero-order valence-electron chi connectivity index (χ0n) is 20.3. The molecule has 0 saturated heterocycles. The number of halogens is 2. The number of nitro benzene ring substituents is 1. The Labute approximate surface area is 237 Å². The van der Waals surface area contributed by atoms with Crippen molar-refractivity contribution in [1.82, 2.24) is 20.3 Å². The first-order valence-electron chi connectivity index (χ1n) is 11.1. The number of amides is 2. The van der Waals surface area contributed by atoms with Crippen LogP contribution in [0.2, 0.25) is 0 Å². The Balaban J connectivity index is 0.000000253. The molecule has 0 bridgehead atoms. The van der Waals surface area contributed by atoms with Gasteiger partial charge in [0.25, 0.3) is 17.5 Å². The molecule has 0 fully saturated rings. The number of non-ortho nitro benzene ring substituents is 1. The zero-order chi connectivity index (χ0) is 28.2. The first kappa shape index (κ1) is 30.1. The van der Waals surface area contributed by atoms with Crippen molar-refractivity contribution >= 4 is 72.1 Å². The van der Waals surface area contributed by atoms with Crippen LogP contribution in [0.5, 0.6) is 5.75 Å². The van der Waals surface area contributed by atoms with Gasteiger partial charge in [-0.25, -0.2) is 18.4 Å². The van der Waals surface area contributed by atoms with E-state index in [-0.39, 0.29) is 54.5 Å². The van der Waals surface area contributed by atoms with Gasteiger partial charge >= 0.3 is 0 Å². The van der Waals surface area contributed by atoms with Gasteiger partial charge in [-0.05, 0) is 23.3 Å². The second kappa shape index (κ2) is 12.6. The molecule has 2 aromatic heterocycles. The van der Waals surface area contributed by atoms with Gasteiger partial charge < -0.3 is 26.1 Å². The summed E-state index contributed by atoms with van der Waals surface area (Å²) in [5.74, 6) is -0.283. The van der Waals surface area contributed by atoms with Crippen molar-refractivity contribution in [3.05, 3.63) is 81.9 Å². The number of anilines is 2. The number of hydrogen-bond acceptors (Lipinski definition) is 10. The topological polar surface area (TPSA) is 212 Å². The SMILES string of the molecule is Cl.Nc1c[nH]c2c(C(=O)NCc3ccc4c(c3)NC(=O)CO4)ncnc12.O=[N+]([O-])c1ccc(CS(=O)(=O)Cl)cc1. The molecule has 0 radical (unpaired) electrons. The predicted octanol–water partition coefficient (Wildman–Crippen LogP) is 2.89. The molecule has 210 valence electrons. The van der Waals surface area contributed by atoms with Crippen molar-refractivity contribution in [1.29, 1.82) is 0 Å².